The molecule has 8 nitrogen and oxygen atoms in total. The molecule has 3 rings (SSSR count). The fourth-order valence-corrected chi connectivity index (χ4v) is 4.44. The molecule has 0 amide bonds. The van der Waals surface area contributed by atoms with E-state index < -0.39 is 14.9 Å². The molecule has 0 bridgehead atoms. The molecule has 1 aliphatic heterocycles. The summed E-state index contributed by atoms with van der Waals surface area (Å²) in [4.78, 5) is 12.8. The largest absolute Gasteiger partial charge is 0.367 e. The molecule has 2 aromatic rings. The van der Waals surface area contributed by atoms with Gasteiger partial charge in [-0.2, -0.15) is 11.3 Å². The van der Waals surface area contributed by atoms with Crippen molar-refractivity contribution in [1.29, 1.82) is 0 Å². The van der Waals surface area contributed by atoms with E-state index in [1.54, 1.807) is 11.3 Å². The molecule has 0 radical (unpaired) electrons. The van der Waals surface area contributed by atoms with Crippen LogP contribution in [0.1, 0.15) is 18.6 Å². The summed E-state index contributed by atoms with van der Waals surface area (Å²) in [7, 11) is -2.49. The molecule has 10 heteroatoms. The van der Waals surface area contributed by atoms with Gasteiger partial charge in [0.1, 0.15) is 11.8 Å². The van der Waals surface area contributed by atoms with Crippen LogP contribution in [-0.4, -0.2) is 39.6 Å². The lowest BCUT2D eigenvalue weighted by Crippen LogP contribution is -2.43. The van der Waals surface area contributed by atoms with Gasteiger partial charge in [0.15, 0.2) is 0 Å². The van der Waals surface area contributed by atoms with E-state index in [0.29, 0.717) is 18.8 Å². The second-order valence-electron chi connectivity index (χ2n) is 6.01. The minimum Gasteiger partial charge on any atom is -0.367 e. The van der Waals surface area contributed by atoms with E-state index in [1.165, 1.54) is 19.2 Å². The second kappa shape index (κ2) is 7.31. The summed E-state index contributed by atoms with van der Waals surface area (Å²) >= 11 is 1.57. The number of sulfonamides is 1. The molecule has 1 saturated heterocycles. The number of morpholine rings is 1. The van der Waals surface area contributed by atoms with Crippen molar-refractivity contribution >= 4 is 32.7 Å². The Morgan fingerprint density at radius 2 is 2.12 bits per heavy atom. The zero-order valence-electron chi connectivity index (χ0n) is 14.3. The van der Waals surface area contributed by atoms with Crippen molar-refractivity contribution in [2.45, 2.75) is 24.0 Å². The van der Waals surface area contributed by atoms with Crippen molar-refractivity contribution in [3.8, 4) is 0 Å². The number of nitrogens with zero attached hydrogens (tertiary/aromatic N) is 2. The van der Waals surface area contributed by atoms with E-state index in [2.05, 4.69) is 4.72 Å². The van der Waals surface area contributed by atoms with Crippen LogP contribution in [0.15, 0.2) is 39.9 Å². The third-order valence-electron chi connectivity index (χ3n) is 4.24. The summed E-state index contributed by atoms with van der Waals surface area (Å²) in [5.74, 6) is 0. The molecule has 1 fully saturated rings. The first-order valence-electron chi connectivity index (χ1n) is 7.96. The van der Waals surface area contributed by atoms with Crippen LogP contribution < -0.4 is 9.62 Å². The van der Waals surface area contributed by atoms with Crippen molar-refractivity contribution < 1.29 is 18.1 Å². The van der Waals surface area contributed by atoms with Gasteiger partial charge in [0.2, 0.25) is 10.0 Å². The third-order valence-corrected chi connectivity index (χ3v) is 6.35. The van der Waals surface area contributed by atoms with Gasteiger partial charge in [0.25, 0.3) is 5.69 Å². The Kier molecular flexibility index (Phi) is 5.28. The molecule has 26 heavy (non-hydrogen) atoms. The predicted octanol–water partition coefficient (Wildman–Crippen LogP) is 2.53. The maximum atomic E-state index is 12.0. The highest BCUT2D eigenvalue weighted by atomic mass is 32.2. The zero-order valence-corrected chi connectivity index (χ0v) is 15.9. The van der Waals surface area contributed by atoms with Gasteiger partial charge in [-0.1, -0.05) is 0 Å². The summed E-state index contributed by atoms with van der Waals surface area (Å²) in [6.07, 6.45) is -0.306. The smallest absolute Gasteiger partial charge is 0.293 e. The molecule has 140 valence electrons. The fraction of sp³-hybridized carbons (Fsp3) is 0.375. The Morgan fingerprint density at radius 1 is 1.35 bits per heavy atom. The standard InChI is InChI=1S/C16H19N3O5S2/c1-11-8-18(9-16(24-11)12-5-6-25-10-12)14-4-3-13(26(22,23)17-2)7-15(14)19(20)21/h3-7,10-11,16-17H,8-9H2,1-2H3. The lowest BCUT2D eigenvalue weighted by molar-refractivity contribution is -0.384. The molecule has 1 aromatic heterocycles. The molecule has 2 atom stereocenters. The van der Waals surface area contributed by atoms with Gasteiger partial charge in [-0.25, -0.2) is 13.1 Å². The number of ether oxygens (including phenoxy) is 1. The molecule has 1 aliphatic rings. The maximum absolute atomic E-state index is 12.0. The van der Waals surface area contributed by atoms with Gasteiger partial charge in [0, 0.05) is 19.2 Å². The minimum absolute atomic E-state index is 0.117. The van der Waals surface area contributed by atoms with Crippen molar-refractivity contribution in [2.24, 2.45) is 0 Å². The van der Waals surface area contributed by atoms with Crippen LogP contribution >= 0.6 is 11.3 Å². The molecular weight excluding hydrogens is 378 g/mol. The summed E-state index contributed by atoms with van der Waals surface area (Å²) in [5, 5.41) is 15.5. The van der Waals surface area contributed by atoms with Crippen LogP contribution in [0.2, 0.25) is 0 Å². The molecule has 1 N–H and O–H groups in total. The lowest BCUT2D eigenvalue weighted by atomic mass is 10.1. The number of hydrogen-bond acceptors (Lipinski definition) is 7. The highest BCUT2D eigenvalue weighted by Gasteiger charge is 2.31. The van der Waals surface area contributed by atoms with Crippen molar-refractivity contribution in [2.75, 3.05) is 25.0 Å². The van der Waals surface area contributed by atoms with Gasteiger partial charge in [-0.05, 0) is 48.5 Å². The van der Waals surface area contributed by atoms with Crippen LogP contribution in [0.25, 0.3) is 0 Å². The summed E-state index contributed by atoms with van der Waals surface area (Å²) in [5.41, 5.74) is 1.18. The summed E-state index contributed by atoms with van der Waals surface area (Å²) < 4.78 is 32.1. The number of nitro groups is 1. The topological polar surface area (TPSA) is 102 Å². The number of nitrogens with one attached hydrogen (secondary N) is 1. The number of hydrogen-bond donors (Lipinski definition) is 1. The molecule has 0 aliphatic carbocycles. The Labute approximate surface area is 155 Å². The Bertz CT molecular complexity index is 899. The van der Waals surface area contributed by atoms with Crippen LogP contribution in [0.4, 0.5) is 11.4 Å². The molecule has 0 saturated carbocycles. The maximum Gasteiger partial charge on any atom is 0.293 e. The van der Waals surface area contributed by atoms with E-state index in [-0.39, 0.29) is 22.8 Å². The predicted molar refractivity (Wildman–Crippen MR) is 99.2 cm³/mol. The van der Waals surface area contributed by atoms with Gasteiger partial charge in [0.05, 0.1) is 15.9 Å². The van der Waals surface area contributed by atoms with E-state index in [1.807, 2.05) is 28.7 Å². The molecular formula is C16H19N3O5S2. The van der Waals surface area contributed by atoms with Crippen LogP contribution in [0.5, 0.6) is 0 Å². The molecule has 2 unspecified atom stereocenters. The fourth-order valence-electron chi connectivity index (χ4n) is 2.99. The van der Waals surface area contributed by atoms with E-state index in [9.17, 15) is 18.5 Å². The SMILES string of the molecule is CNS(=O)(=O)c1ccc(N2CC(C)OC(c3ccsc3)C2)c([N+](=O)[O-])c1. The minimum atomic E-state index is -3.75. The molecule has 2 heterocycles. The van der Waals surface area contributed by atoms with Gasteiger partial charge in [-0.3, -0.25) is 10.1 Å². The first-order valence-corrected chi connectivity index (χ1v) is 10.4. The number of anilines is 1. The monoisotopic (exact) mass is 397 g/mol. The normalized spacial score (nSPS) is 20.9. The first-order chi connectivity index (χ1) is 12.3. The molecule has 0 spiro atoms. The van der Waals surface area contributed by atoms with Crippen LogP contribution in [0.3, 0.4) is 0 Å². The second-order valence-corrected chi connectivity index (χ2v) is 8.68. The highest BCUT2D eigenvalue weighted by molar-refractivity contribution is 7.89. The average molecular weight is 397 g/mol. The number of nitro benzene ring substituents is 1. The quantitative estimate of drug-likeness (QED) is 0.614. The lowest BCUT2D eigenvalue weighted by Gasteiger charge is -2.37. The number of rotatable bonds is 5. The third kappa shape index (κ3) is 3.73. The van der Waals surface area contributed by atoms with Crippen molar-refractivity contribution in [3.05, 3.63) is 50.7 Å². The zero-order chi connectivity index (χ0) is 18.9. The van der Waals surface area contributed by atoms with Crippen LogP contribution in [0, 0.1) is 10.1 Å². The number of thiophene rings is 1. The Balaban J connectivity index is 1.98. The van der Waals surface area contributed by atoms with E-state index in [0.717, 1.165) is 11.6 Å². The van der Waals surface area contributed by atoms with E-state index >= 15 is 0 Å². The highest BCUT2D eigenvalue weighted by Crippen LogP contribution is 2.35. The average Bonchev–Trinajstić information content (AvgIpc) is 3.15. The summed E-state index contributed by atoms with van der Waals surface area (Å²) in [6.45, 7) is 2.86. The van der Waals surface area contributed by atoms with Crippen LogP contribution in [-0.2, 0) is 14.8 Å². The van der Waals surface area contributed by atoms with Gasteiger partial charge < -0.3 is 9.64 Å². The van der Waals surface area contributed by atoms with Gasteiger partial charge in [-0.15, -0.1) is 0 Å². The Morgan fingerprint density at radius 3 is 2.73 bits per heavy atom. The van der Waals surface area contributed by atoms with Crippen molar-refractivity contribution in [3.63, 3.8) is 0 Å². The molecule has 1 aromatic carbocycles. The van der Waals surface area contributed by atoms with E-state index in [4.69, 9.17) is 4.74 Å². The Hall–Kier alpha value is -2.01. The van der Waals surface area contributed by atoms with Crippen molar-refractivity contribution in [1.82, 2.24) is 4.72 Å². The van der Waals surface area contributed by atoms with Gasteiger partial charge >= 0.3 is 0 Å². The first kappa shape index (κ1) is 18.8. The summed E-state index contributed by atoms with van der Waals surface area (Å²) in [6, 6.07) is 5.95. The number of benzene rings is 1.